The van der Waals surface area contributed by atoms with Crippen LogP contribution in [0.2, 0.25) is 0 Å². The van der Waals surface area contributed by atoms with E-state index in [1.807, 2.05) is 0 Å². The summed E-state index contributed by atoms with van der Waals surface area (Å²) in [5.74, 6) is 0.736. The first-order chi connectivity index (χ1) is 6.67. The molecule has 0 aromatic rings. The van der Waals surface area contributed by atoms with Crippen LogP contribution >= 0.6 is 0 Å². The monoisotopic (exact) mass is 200 g/mol. The Kier molecular flexibility index (Phi) is 4.35. The molecule has 0 heterocycles. The van der Waals surface area contributed by atoms with Gasteiger partial charge in [0.15, 0.2) is 0 Å². The third-order valence-electron chi connectivity index (χ3n) is 2.73. The number of nitrogens with one attached hydrogen (secondary N) is 1. The summed E-state index contributed by atoms with van der Waals surface area (Å²) in [4.78, 5) is 11.5. The van der Waals surface area contributed by atoms with Gasteiger partial charge in [-0.25, -0.2) is 0 Å². The van der Waals surface area contributed by atoms with Crippen LogP contribution in [-0.2, 0) is 9.53 Å². The van der Waals surface area contributed by atoms with Crippen molar-refractivity contribution in [1.82, 2.24) is 5.32 Å². The molecule has 2 atom stereocenters. The Morgan fingerprint density at radius 2 is 2.29 bits per heavy atom. The van der Waals surface area contributed by atoms with Gasteiger partial charge in [-0.05, 0) is 25.7 Å². The lowest BCUT2D eigenvalue weighted by Crippen LogP contribution is -2.37. The van der Waals surface area contributed by atoms with Gasteiger partial charge in [0.2, 0.25) is 5.91 Å². The Morgan fingerprint density at radius 1 is 1.64 bits per heavy atom. The van der Waals surface area contributed by atoms with Crippen LogP contribution in [0.3, 0.4) is 0 Å². The van der Waals surface area contributed by atoms with Crippen molar-refractivity contribution < 1.29 is 9.53 Å². The van der Waals surface area contributed by atoms with Crippen molar-refractivity contribution in [3.05, 3.63) is 0 Å². The minimum Gasteiger partial charge on any atom is -0.380 e. The molecule has 2 unspecified atom stereocenters. The van der Waals surface area contributed by atoms with E-state index in [9.17, 15) is 4.79 Å². The van der Waals surface area contributed by atoms with E-state index in [0.29, 0.717) is 24.9 Å². The summed E-state index contributed by atoms with van der Waals surface area (Å²) in [6, 6.07) is 0.304. The van der Waals surface area contributed by atoms with Crippen LogP contribution in [0.25, 0.3) is 0 Å². The predicted molar refractivity (Wildman–Crippen MR) is 54.8 cm³/mol. The second-order valence-corrected chi connectivity index (χ2v) is 3.99. The van der Waals surface area contributed by atoms with Crippen molar-refractivity contribution in [1.29, 1.82) is 0 Å². The molecule has 0 aromatic heterocycles. The van der Waals surface area contributed by atoms with Crippen molar-refractivity contribution in [3.8, 4) is 0 Å². The van der Waals surface area contributed by atoms with E-state index in [1.54, 1.807) is 7.11 Å². The maximum atomic E-state index is 11.5. The topological polar surface area (TPSA) is 64.3 Å². The van der Waals surface area contributed by atoms with Crippen molar-refractivity contribution in [2.45, 2.75) is 38.3 Å². The van der Waals surface area contributed by atoms with E-state index in [2.05, 4.69) is 12.2 Å². The molecule has 14 heavy (non-hydrogen) atoms. The number of rotatable bonds is 6. The number of ether oxygens (including phenoxy) is 1. The fourth-order valence-corrected chi connectivity index (χ4v) is 1.50. The number of amides is 1. The summed E-state index contributed by atoms with van der Waals surface area (Å²) in [6.45, 7) is 2.45. The van der Waals surface area contributed by atoms with Gasteiger partial charge in [0.1, 0.15) is 0 Å². The second-order valence-electron chi connectivity index (χ2n) is 3.99. The van der Waals surface area contributed by atoms with Crippen LogP contribution < -0.4 is 11.1 Å². The molecule has 1 fully saturated rings. The lowest BCUT2D eigenvalue weighted by atomic mass is 10.2. The lowest BCUT2D eigenvalue weighted by molar-refractivity contribution is -0.124. The van der Waals surface area contributed by atoms with Gasteiger partial charge in [-0.2, -0.15) is 0 Å². The smallest absolute Gasteiger partial charge is 0.222 e. The maximum absolute atomic E-state index is 11.5. The standard InChI is InChI=1S/C10H20N2O2/c1-7(8-3-4-8)12-10(13)5-9(6-11)14-2/h7-9H,3-6,11H2,1-2H3,(H,12,13). The van der Waals surface area contributed by atoms with Crippen LogP contribution in [0.5, 0.6) is 0 Å². The third-order valence-corrected chi connectivity index (χ3v) is 2.73. The Hall–Kier alpha value is -0.610. The van der Waals surface area contributed by atoms with Gasteiger partial charge >= 0.3 is 0 Å². The molecular formula is C10H20N2O2. The van der Waals surface area contributed by atoms with Gasteiger partial charge < -0.3 is 15.8 Å². The molecular weight excluding hydrogens is 180 g/mol. The van der Waals surface area contributed by atoms with E-state index in [1.165, 1.54) is 12.8 Å². The first kappa shape index (κ1) is 11.5. The molecule has 4 heteroatoms. The number of hydrogen-bond donors (Lipinski definition) is 2. The zero-order valence-electron chi connectivity index (χ0n) is 8.95. The molecule has 0 spiro atoms. The number of carbonyl (C=O) groups excluding carboxylic acids is 1. The normalized spacial score (nSPS) is 20.2. The minimum absolute atomic E-state index is 0.0432. The lowest BCUT2D eigenvalue weighted by Gasteiger charge is -2.16. The largest absolute Gasteiger partial charge is 0.380 e. The molecule has 1 aliphatic carbocycles. The molecule has 82 valence electrons. The predicted octanol–water partition coefficient (Wildman–Crippen LogP) is 0.265. The van der Waals surface area contributed by atoms with Crippen LogP contribution in [-0.4, -0.2) is 31.7 Å². The van der Waals surface area contributed by atoms with Gasteiger partial charge in [-0.1, -0.05) is 0 Å². The SMILES string of the molecule is COC(CN)CC(=O)NC(C)C1CC1. The van der Waals surface area contributed by atoms with Crippen molar-refractivity contribution >= 4 is 5.91 Å². The molecule has 1 amide bonds. The fourth-order valence-electron chi connectivity index (χ4n) is 1.50. The number of hydrogen-bond acceptors (Lipinski definition) is 3. The highest BCUT2D eigenvalue weighted by atomic mass is 16.5. The molecule has 0 aromatic carbocycles. The van der Waals surface area contributed by atoms with E-state index in [4.69, 9.17) is 10.5 Å². The van der Waals surface area contributed by atoms with Gasteiger partial charge in [-0.15, -0.1) is 0 Å². The zero-order chi connectivity index (χ0) is 10.6. The average molecular weight is 200 g/mol. The van der Waals surface area contributed by atoms with Crippen LogP contribution in [0, 0.1) is 5.92 Å². The minimum atomic E-state index is -0.151. The average Bonchev–Trinajstić information content (AvgIpc) is 2.97. The molecule has 0 bridgehead atoms. The summed E-state index contributed by atoms with van der Waals surface area (Å²) < 4.78 is 5.04. The quantitative estimate of drug-likeness (QED) is 0.646. The first-order valence-corrected chi connectivity index (χ1v) is 5.19. The second kappa shape index (κ2) is 5.32. The molecule has 0 aliphatic heterocycles. The third kappa shape index (κ3) is 3.64. The summed E-state index contributed by atoms with van der Waals surface area (Å²) >= 11 is 0. The van der Waals surface area contributed by atoms with Crippen molar-refractivity contribution in [3.63, 3.8) is 0 Å². The molecule has 1 saturated carbocycles. The summed E-state index contributed by atoms with van der Waals surface area (Å²) in [6.07, 6.45) is 2.70. The summed E-state index contributed by atoms with van der Waals surface area (Å²) in [7, 11) is 1.58. The van der Waals surface area contributed by atoms with E-state index >= 15 is 0 Å². The Morgan fingerprint density at radius 3 is 2.71 bits per heavy atom. The van der Waals surface area contributed by atoms with Gasteiger partial charge in [0.05, 0.1) is 12.5 Å². The highest BCUT2D eigenvalue weighted by molar-refractivity contribution is 5.76. The maximum Gasteiger partial charge on any atom is 0.222 e. The first-order valence-electron chi connectivity index (χ1n) is 5.19. The zero-order valence-corrected chi connectivity index (χ0v) is 8.95. The Bertz CT molecular complexity index is 183. The Balaban J connectivity index is 2.19. The Labute approximate surface area is 85.2 Å². The molecule has 0 radical (unpaired) electrons. The number of nitrogens with two attached hydrogens (primary N) is 1. The highest BCUT2D eigenvalue weighted by Crippen LogP contribution is 2.32. The van der Waals surface area contributed by atoms with Crippen LogP contribution in [0.1, 0.15) is 26.2 Å². The van der Waals surface area contributed by atoms with Crippen molar-refractivity contribution in [2.75, 3.05) is 13.7 Å². The molecule has 4 nitrogen and oxygen atoms in total. The van der Waals surface area contributed by atoms with E-state index < -0.39 is 0 Å². The van der Waals surface area contributed by atoms with E-state index in [0.717, 1.165) is 0 Å². The van der Waals surface area contributed by atoms with Crippen LogP contribution in [0.4, 0.5) is 0 Å². The number of carbonyl (C=O) groups is 1. The summed E-state index contributed by atoms with van der Waals surface area (Å²) in [5, 5.41) is 2.97. The van der Waals surface area contributed by atoms with Crippen LogP contribution in [0.15, 0.2) is 0 Å². The van der Waals surface area contributed by atoms with E-state index in [-0.39, 0.29) is 12.0 Å². The van der Waals surface area contributed by atoms with Crippen molar-refractivity contribution in [2.24, 2.45) is 11.7 Å². The molecule has 1 aliphatic rings. The van der Waals surface area contributed by atoms with Gasteiger partial charge in [-0.3, -0.25) is 4.79 Å². The number of methoxy groups -OCH3 is 1. The molecule has 0 saturated heterocycles. The fraction of sp³-hybridized carbons (Fsp3) is 0.900. The van der Waals surface area contributed by atoms with Gasteiger partial charge in [0.25, 0.3) is 0 Å². The highest BCUT2D eigenvalue weighted by Gasteiger charge is 2.29. The summed E-state index contributed by atoms with van der Waals surface area (Å²) in [5.41, 5.74) is 5.43. The van der Waals surface area contributed by atoms with Gasteiger partial charge in [0, 0.05) is 19.7 Å². The molecule has 1 rings (SSSR count). The molecule has 3 N–H and O–H groups in total.